The van der Waals surface area contributed by atoms with Crippen LogP contribution in [0.4, 0.5) is 0 Å². The first kappa shape index (κ1) is 17.3. The maximum absolute atomic E-state index is 13.8. The first-order valence-electron chi connectivity index (χ1n) is 8.56. The lowest BCUT2D eigenvalue weighted by Gasteiger charge is -2.12. The summed E-state index contributed by atoms with van der Waals surface area (Å²) >= 11 is 0. The Bertz CT molecular complexity index is 873. The van der Waals surface area contributed by atoms with Crippen LogP contribution in [-0.2, 0) is 11.0 Å². The van der Waals surface area contributed by atoms with Crippen LogP contribution in [0.15, 0.2) is 84.9 Å². The molecule has 0 aliphatic rings. The molecule has 0 aliphatic heterocycles. The van der Waals surface area contributed by atoms with Gasteiger partial charge in [-0.2, -0.15) is 0 Å². The third-order valence-electron chi connectivity index (χ3n) is 4.09. The van der Waals surface area contributed by atoms with Crippen molar-refractivity contribution in [2.24, 2.45) is 0 Å². The molecule has 0 saturated carbocycles. The summed E-state index contributed by atoms with van der Waals surface area (Å²) in [5.74, 6) is 3.14. The molecule has 0 heterocycles. The number of rotatable bonds is 4. The predicted molar refractivity (Wildman–Crippen MR) is 107 cm³/mol. The van der Waals surface area contributed by atoms with E-state index >= 15 is 0 Å². The Hall–Kier alpha value is -2.55. The van der Waals surface area contributed by atoms with Crippen LogP contribution in [0, 0.1) is 11.6 Å². The van der Waals surface area contributed by atoms with Gasteiger partial charge in [-0.15, -0.1) is 0 Å². The van der Waals surface area contributed by atoms with E-state index in [1.165, 1.54) is 5.56 Å². The number of hydrogen-bond donors (Lipinski definition) is 0. The van der Waals surface area contributed by atoms with Crippen LogP contribution in [0.5, 0.6) is 0 Å². The molecule has 0 atom stereocenters. The number of hydrogen-bond acceptors (Lipinski definition) is 1. The van der Waals surface area contributed by atoms with Crippen molar-refractivity contribution in [3.8, 4) is 11.6 Å². The average Bonchev–Trinajstić information content (AvgIpc) is 2.69. The van der Waals surface area contributed by atoms with Gasteiger partial charge < -0.3 is 0 Å². The summed E-state index contributed by atoms with van der Waals surface area (Å²) < 4.78 is 13.8. The molecule has 0 aromatic heterocycles. The van der Waals surface area contributed by atoms with Gasteiger partial charge in [0.25, 0.3) is 0 Å². The van der Waals surface area contributed by atoms with E-state index in [1.807, 2.05) is 72.8 Å². The van der Waals surface area contributed by atoms with Crippen LogP contribution >= 0.6 is 7.14 Å². The fourth-order valence-corrected chi connectivity index (χ4v) is 4.77. The molecule has 3 aromatic rings. The largest absolute Gasteiger partial charge is 0.300 e. The second-order valence-corrected chi connectivity index (χ2v) is 8.44. The minimum atomic E-state index is -2.98. The lowest BCUT2D eigenvalue weighted by Crippen LogP contribution is -2.14. The van der Waals surface area contributed by atoms with Gasteiger partial charge >= 0.3 is 0 Å². The fraction of sp³-hybridized carbons (Fsp3) is 0.130. The van der Waals surface area contributed by atoms with E-state index in [9.17, 15) is 4.57 Å². The third-order valence-corrected chi connectivity index (χ3v) is 6.57. The van der Waals surface area contributed by atoms with E-state index in [-0.39, 0.29) is 0 Å². The molecule has 0 unspecified atom stereocenters. The summed E-state index contributed by atoms with van der Waals surface area (Å²) in [5.41, 5.74) is 5.31. The van der Waals surface area contributed by atoms with Gasteiger partial charge in [-0.3, -0.25) is 4.57 Å². The van der Waals surface area contributed by atoms with Crippen LogP contribution in [0.3, 0.4) is 0 Å². The van der Waals surface area contributed by atoms with Crippen molar-refractivity contribution in [3.05, 3.63) is 96.1 Å². The Morgan fingerprint density at radius 3 is 1.76 bits per heavy atom. The van der Waals surface area contributed by atoms with Crippen LogP contribution in [0.1, 0.15) is 24.5 Å². The fourth-order valence-electron chi connectivity index (χ4n) is 2.74. The van der Waals surface area contributed by atoms with Crippen LogP contribution in [-0.4, -0.2) is 0 Å². The number of benzene rings is 3. The normalized spacial score (nSPS) is 10.8. The second-order valence-electron chi connectivity index (χ2n) is 5.96. The van der Waals surface area contributed by atoms with E-state index in [1.54, 1.807) is 0 Å². The Labute approximate surface area is 150 Å². The molecule has 0 N–H and O–H groups in total. The summed E-state index contributed by atoms with van der Waals surface area (Å²) in [4.78, 5) is 0. The Balaban J connectivity index is 2.02. The molecule has 25 heavy (non-hydrogen) atoms. The maximum atomic E-state index is 13.8. The van der Waals surface area contributed by atoms with Crippen molar-refractivity contribution in [3.63, 3.8) is 0 Å². The lowest BCUT2D eigenvalue weighted by molar-refractivity contribution is 0.593. The second kappa shape index (κ2) is 8.02. The van der Waals surface area contributed by atoms with Gasteiger partial charge in [0, 0.05) is 16.2 Å². The van der Waals surface area contributed by atoms with Gasteiger partial charge in [0.15, 0.2) is 0 Å². The molecule has 0 amide bonds. The highest BCUT2D eigenvalue weighted by Crippen LogP contribution is 2.41. The first-order valence-corrected chi connectivity index (χ1v) is 10.3. The first-order chi connectivity index (χ1) is 12.2. The topological polar surface area (TPSA) is 17.1 Å². The highest BCUT2D eigenvalue weighted by Gasteiger charge is 2.24. The van der Waals surface area contributed by atoms with Crippen LogP contribution in [0.2, 0.25) is 0 Å². The molecule has 0 radical (unpaired) electrons. The molecule has 0 aliphatic carbocycles. The van der Waals surface area contributed by atoms with E-state index in [0.29, 0.717) is 0 Å². The Kier molecular flexibility index (Phi) is 5.54. The number of aryl methyl sites for hydroxylation is 1. The van der Waals surface area contributed by atoms with Gasteiger partial charge in [-0.1, -0.05) is 92.1 Å². The molecule has 0 bridgehead atoms. The zero-order valence-electron chi connectivity index (χ0n) is 14.4. The molecule has 2 heteroatoms. The third kappa shape index (κ3) is 4.11. The average molecular weight is 344 g/mol. The van der Waals surface area contributed by atoms with Crippen LogP contribution in [0.25, 0.3) is 0 Å². The van der Waals surface area contributed by atoms with E-state index in [0.717, 1.165) is 29.0 Å². The van der Waals surface area contributed by atoms with E-state index < -0.39 is 7.14 Å². The molecule has 1 nitrogen and oxygen atoms in total. The van der Waals surface area contributed by atoms with Gasteiger partial charge in [0.05, 0.1) is 0 Å². The van der Waals surface area contributed by atoms with Gasteiger partial charge in [0.2, 0.25) is 7.14 Å². The summed E-state index contributed by atoms with van der Waals surface area (Å²) in [7, 11) is -2.98. The van der Waals surface area contributed by atoms with Crippen molar-refractivity contribution in [1.29, 1.82) is 0 Å². The molecule has 3 rings (SSSR count). The maximum Gasteiger partial charge on any atom is 0.211 e. The zero-order chi connectivity index (χ0) is 17.5. The summed E-state index contributed by atoms with van der Waals surface area (Å²) in [5, 5.41) is 1.55. The molecular formula is C23H21OP. The van der Waals surface area contributed by atoms with Crippen LogP contribution < -0.4 is 10.6 Å². The molecule has 0 spiro atoms. The monoisotopic (exact) mass is 344 g/mol. The Morgan fingerprint density at radius 1 is 0.760 bits per heavy atom. The Morgan fingerprint density at radius 2 is 1.28 bits per heavy atom. The predicted octanol–water partition coefficient (Wildman–Crippen LogP) is 4.96. The van der Waals surface area contributed by atoms with Crippen molar-refractivity contribution < 1.29 is 4.57 Å². The highest BCUT2D eigenvalue weighted by molar-refractivity contribution is 7.83. The quantitative estimate of drug-likeness (QED) is 0.483. The standard InChI is InChI=1S/C23H21OP/c1-2-9-20-14-16-21(17-15-20)18-19-25(24,22-10-5-3-6-11-22)23-12-7-4-8-13-23/h3-8,10-17H,2,9H2,1H3. The zero-order valence-corrected chi connectivity index (χ0v) is 15.2. The van der Waals surface area contributed by atoms with Crippen molar-refractivity contribution >= 4 is 17.8 Å². The van der Waals surface area contributed by atoms with E-state index in [4.69, 9.17) is 0 Å². The van der Waals surface area contributed by atoms with Crippen molar-refractivity contribution in [2.75, 3.05) is 0 Å². The van der Waals surface area contributed by atoms with Crippen molar-refractivity contribution in [2.45, 2.75) is 19.8 Å². The van der Waals surface area contributed by atoms with Gasteiger partial charge in [-0.05, 0) is 29.8 Å². The summed E-state index contributed by atoms with van der Waals surface area (Å²) in [6, 6.07) is 27.3. The smallest absolute Gasteiger partial charge is 0.211 e. The highest BCUT2D eigenvalue weighted by atomic mass is 31.2. The minimum absolute atomic E-state index is 0.774. The molecule has 124 valence electrons. The molecular weight excluding hydrogens is 323 g/mol. The SMILES string of the molecule is CCCc1ccc(C#CP(=O)(c2ccccc2)c2ccccc2)cc1. The summed E-state index contributed by atoms with van der Waals surface area (Å²) in [6.45, 7) is 2.17. The molecule has 0 fully saturated rings. The minimum Gasteiger partial charge on any atom is -0.300 e. The summed E-state index contributed by atoms with van der Waals surface area (Å²) in [6.07, 6.45) is 2.20. The molecule has 0 saturated heterocycles. The van der Waals surface area contributed by atoms with Gasteiger partial charge in [0.1, 0.15) is 0 Å². The molecule has 3 aromatic carbocycles. The van der Waals surface area contributed by atoms with Crippen molar-refractivity contribution in [1.82, 2.24) is 0 Å². The lowest BCUT2D eigenvalue weighted by atomic mass is 10.1. The van der Waals surface area contributed by atoms with Gasteiger partial charge in [-0.25, -0.2) is 0 Å². The van der Waals surface area contributed by atoms with E-state index in [2.05, 4.69) is 30.6 Å².